The lowest BCUT2D eigenvalue weighted by Crippen LogP contribution is -2.49. The molecule has 5 nitrogen and oxygen atoms in total. The molecule has 0 saturated carbocycles. The summed E-state index contributed by atoms with van der Waals surface area (Å²) in [4.78, 5) is 14.5. The number of morpholine rings is 1. The van der Waals surface area contributed by atoms with E-state index in [-0.39, 0.29) is 24.4 Å². The van der Waals surface area contributed by atoms with Crippen LogP contribution in [0, 0.1) is 0 Å². The number of amides is 1. The largest absolute Gasteiger partial charge is 0.459 e. The van der Waals surface area contributed by atoms with Crippen LogP contribution in [0.1, 0.15) is 25.6 Å². The van der Waals surface area contributed by atoms with Gasteiger partial charge in [-0.1, -0.05) is 18.2 Å². The topological polar surface area (TPSA) is 54.7 Å². The van der Waals surface area contributed by atoms with Crippen molar-refractivity contribution in [3.05, 3.63) is 36.1 Å². The number of carbonyl (C=O) groups excluding carboxylic acids is 1. The van der Waals surface area contributed by atoms with E-state index in [1.54, 1.807) is 0 Å². The third kappa shape index (κ3) is 3.68. The van der Waals surface area contributed by atoms with E-state index in [1.165, 1.54) is 0 Å². The Balaban J connectivity index is 0.00000192. The van der Waals surface area contributed by atoms with Gasteiger partial charge in [-0.05, 0) is 26.0 Å². The number of ether oxygens (including phenoxy) is 1. The Labute approximate surface area is 142 Å². The fraction of sp³-hybridized carbons (Fsp3) is 0.471. The highest BCUT2D eigenvalue weighted by Crippen LogP contribution is 2.28. The standard InChI is InChI=1S/C17H22N2O3.ClH/c1-3-19(17(20)16-11-18-8-9-21-16)12(2)15-10-13-6-4-5-7-14(13)22-15;/h4-7,10,12,16,18H,3,8-9,11H2,1-2H3;1H. The van der Waals surface area contributed by atoms with E-state index >= 15 is 0 Å². The van der Waals surface area contributed by atoms with Crippen LogP contribution in [0.4, 0.5) is 0 Å². The highest BCUT2D eigenvalue weighted by atomic mass is 35.5. The van der Waals surface area contributed by atoms with Crippen LogP contribution in [0.15, 0.2) is 34.7 Å². The first-order valence-corrected chi connectivity index (χ1v) is 7.82. The number of rotatable bonds is 4. The average molecular weight is 339 g/mol. The molecule has 23 heavy (non-hydrogen) atoms. The van der Waals surface area contributed by atoms with E-state index in [1.807, 2.05) is 49.1 Å². The van der Waals surface area contributed by atoms with Gasteiger partial charge in [-0.15, -0.1) is 12.4 Å². The van der Waals surface area contributed by atoms with Crippen molar-refractivity contribution in [2.75, 3.05) is 26.2 Å². The van der Waals surface area contributed by atoms with Gasteiger partial charge in [0, 0.05) is 25.0 Å². The summed E-state index contributed by atoms with van der Waals surface area (Å²) >= 11 is 0. The molecular formula is C17H23ClN2O3. The van der Waals surface area contributed by atoms with Gasteiger partial charge >= 0.3 is 0 Å². The van der Waals surface area contributed by atoms with Gasteiger partial charge in [-0.3, -0.25) is 4.79 Å². The van der Waals surface area contributed by atoms with Gasteiger partial charge in [0.2, 0.25) is 0 Å². The number of furan rings is 1. The lowest BCUT2D eigenvalue weighted by atomic mass is 10.1. The number of nitrogens with zero attached hydrogens (tertiary/aromatic N) is 1. The number of nitrogens with one attached hydrogen (secondary N) is 1. The number of para-hydroxylation sites is 1. The fourth-order valence-corrected chi connectivity index (χ4v) is 2.89. The Morgan fingerprint density at radius 3 is 2.87 bits per heavy atom. The maximum atomic E-state index is 12.7. The minimum absolute atomic E-state index is 0. The molecule has 1 aromatic carbocycles. The van der Waals surface area contributed by atoms with Crippen molar-refractivity contribution in [3.63, 3.8) is 0 Å². The van der Waals surface area contributed by atoms with E-state index in [0.717, 1.165) is 23.3 Å². The molecule has 6 heteroatoms. The Bertz CT molecular complexity index is 619. The number of halogens is 1. The van der Waals surface area contributed by atoms with Gasteiger partial charge in [-0.2, -0.15) is 0 Å². The molecule has 2 heterocycles. The van der Waals surface area contributed by atoms with E-state index in [4.69, 9.17) is 9.15 Å². The third-order valence-corrected chi connectivity index (χ3v) is 4.15. The lowest BCUT2D eigenvalue weighted by molar-refractivity contribution is -0.147. The van der Waals surface area contributed by atoms with Gasteiger partial charge in [0.25, 0.3) is 5.91 Å². The second-order valence-corrected chi connectivity index (χ2v) is 5.55. The minimum Gasteiger partial charge on any atom is -0.459 e. The smallest absolute Gasteiger partial charge is 0.253 e. The van der Waals surface area contributed by atoms with Crippen LogP contribution >= 0.6 is 12.4 Å². The van der Waals surface area contributed by atoms with Gasteiger partial charge in [-0.25, -0.2) is 0 Å². The minimum atomic E-state index is -0.402. The van der Waals surface area contributed by atoms with Crippen LogP contribution in [0.25, 0.3) is 11.0 Å². The first-order chi connectivity index (χ1) is 10.7. The fourth-order valence-electron chi connectivity index (χ4n) is 2.89. The zero-order valence-corrected chi connectivity index (χ0v) is 14.3. The lowest BCUT2D eigenvalue weighted by Gasteiger charge is -2.32. The summed E-state index contributed by atoms with van der Waals surface area (Å²) in [5, 5.41) is 4.26. The van der Waals surface area contributed by atoms with E-state index in [9.17, 15) is 4.79 Å². The van der Waals surface area contributed by atoms with Crippen LogP contribution in [0.2, 0.25) is 0 Å². The summed E-state index contributed by atoms with van der Waals surface area (Å²) < 4.78 is 11.5. The van der Waals surface area contributed by atoms with Crippen LogP contribution in [0.5, 0.6) is 0 Å². The molecule has 0 radical (unpaired) electrons. The van der Waals surface area contributed by atoms with Crippen LogP contribution < -0.4 is 5.32 Å². The van der Waals surface area contributed by atoms with Gasteiger partial charge in [0.1, 0.15) is 17.4 Å². The van der Waals surface area contributed by atoms with Crippen molar-refractivity contribution in [2.45, 2.75) is 26.0 Å². The molecule has 1 aromatic heterocycles. The molecule has 2 unspecified atom stereocenters. The second kappa shape index (κ2) is 7.81. The van der Waals surface area contributed by atoms with Crippen LogP contribution in [-0.4, -0.2) is 43.2 Å². The molecule has 3 rings (SSSR count). The average Bonchev–Trinajstić information content (AvgIpc) is 3.00. The number of likely N-dealkylation sites (N-methyl/N-ethyl adjacent to an activating group) is 1. The molecular weight excluding hydrogens is 316 g/mol. The van der Waals surface area contributed by atoms with Crippen molar-refractivity contribution in [1.29, 1.82) is 0 Å². The summed E-state index contributed by atoms with van der Waals surface area (Å²) in [6, 6.07) is 9.78. The van der Waals surface area contributed by atoms with E-state index in [0.29, 0.717) is 19.7 Å². The maximum absolute atomic E-state index is 12.7. The first kappa shape index (κ1) is 17.8. The molecule has 1 amide bonds. The second-order valence-electron chi connectivity index (χ2n) is 5.55. The monoisotopic (exact) mass is 338 g/mol. The predicted molar refractivity (Wildman–Crippen MR) is 91.9 cm³/mol. The van der Waals surface area contributed by atoms with E-state index < -0.39 is 6.10 Å². The molecule has 0 aliphatic carbocycles. The molecule has 1 fully saturated rings. The predicted octanol–water partition coefficient (Wildman–Crippen LogP) is 2.75. The zero-order valence-electron chi connectivity index (χ0n) is 13.5. The SMILES string of the molecule is CCN(C(=O)C1CNCCO1)C(C)c1cc2ccccc2o1.Cl. The number of benzene rings is 1. The summed E-state index contributed by atoms with van der Waals surface area (Å²) in [5.41, 5.74) is 0.850. The van der Waals surface area contributed by atoms with Crippen LogP contribution in [-0.2, 0) is 9.53 Å². The highest BCUT2D eigenvalue weighted by molar-refractivity contribution is 5.85. The van der Waals surface area contributed by atoms with Crippen molar-refractivity contribution >= 4 is 29.3 Å². The van der Waals surface area contributed by atoms with Gasteiger partial charge in [0.15, 0.2) is 0 Å². The highest BCUT2D eigenvalue weighted by Gasteiger charge is 2.30. The zero-order chi connectivity index (χ0) is 15.5. The molecule has 1 aliphatic heterocycles. The molecule has 1 N–H and O–H groups in total. The van der Waals surface area contributed by atoms with E-state index in [2.05, 4.69) is 5.32 Å². The van der Waals surface area contributed by atoms with Gasteiger partial charge in [0.05, 0.1) is 12.6 Å². The molecule has 2 aromatic rings. The maximum Gasteiger partial charge on any atom is 0.253 e. The van der Waals surface area contributed by atoms with Crippen LogP contribution in [0.3, 0.4) is 0 Å². The summed E-state index contributed by atoms with van der Waals surface area (Å²) in [5.74, 6) is 0.822. The molecule has 2 atom stereocenters. The molecule has 0 spiro atoms. The molecule has 1 aliphatic rings. The summed E-state index contributed by atoms with van der Waals surface area (Å²) in [6.07, 6.45) is -0.402. The number of carbonyl (C=O) groups is 1. The number of fused-ring (bicyclic) bond motifs is 1. The Hall–Kier alpha value is -1.56. The third-order valence-electron chi connectivity index (χ3n) is 4.15. The Kier molecular flexibility index (Phi) is 6.04. The van der Waals surface area contributed by atoms with Crippen molar-refractivity contribution < 1.29 is 13.9 Å². The summed E-state index contributed by atoms with van der Waals surface area (Å²) in [7, 11) is 0. The summed E-state index contributed by atoms with van der Waals surface area (Å²) in [6.45, 7) is 6.55. The van der Waals surface area contributed by atoms with Crippen molar-refractivity contribution in [3.8, 4) is 0 Å². The van der Waals surface area contributed by atoms with Crippen molar-refractivity contribution in [2.24, 2.45) is 0 Å². The quantitative estimate of drug-likeness (QED) is 0.931. The number of hydrogen-bond donors (Lipinski definition) is 1. The van der Waals surface area contributed by atoms with Crippen molar-refractivity contribution in [1.82, 2.24) is 10.2 Å². The number of hydrogen-bond acceptors (Lipinski definition) is 4. The molecule has 1 saturated heterocycles. The molecule has 0 bridgehead atoms. The molecule has 126 valence electrons. The normalized spacial score (nSPS) is 19.1. The Morgan fingerprint density at radius 1 is 1.43 bits per heavy atom. The van der Waals surface area contributed by atoms with Gasteiger partial charge < -0.3 is 19.4 Å². The Morgan fingerprint density at radius 2 is 2.22 bits per heavy atom. The first-order valence-electron chi connectivity index (χ1n) is 7.82.